The van der Waals surface area contributed by atoms with Crippen LogP contribution in [0.3, 0.4) is 0 Å². The first-order valence-electron chi connectivity index (χ1n) is 8.05. The molecule has 0 spiro atoms. The van der Waals surface area contributed by atoms with E-state index in [1.807, 2.05) is 12.1 Å². The minimum absolute atomic E-state index is 0.137. The van der Waals surface area contributed by atoms with E-state index in [1.54, 1.807) is 6.07 Å². The van der Waals surface area contributed by atoms with Crippen molar-refractivity contribution in [3.8, 4) is 0 Å². The molecule has 2 aromatic rings. The number of nitrogens with one attached hydrogen (secondary N) is 2. The number of hydrogen-bond donors (Lipinski definition) is 2. The minimum atomic E-state index is -0.137. The van der Waals surface area contributed by atoms with Crippen molar-refractivity contribution in [1.29, 1.82) is 0 Å². The summed E-state index contributed by atoms with van der Waals surface area (Å²) in [5, 5.41) is 6.85. The molecule has 0 aromatic heterocycles. The van der Waals surface area contributed by atoms with Crippen molar-refractivity contribution >= 4 is 5.69 Å². The van der Waals surface area contributed by atoms with Crippen LogP contribution in [0.1, 0.15) is 30.0 Å². The van der Waals surface area contributed by atoms with Gasteiger partial charge in [0.05, 0.1) is 0 Å². The molecule has 0 bridgehead atoms. The van der Waals surface area contributed by atoms with Gasteiger partial charge in [0.25, 0.3) is 0 Å². The Hall–Kier alpha value is -1.87. The Labute approximate surface area is 131 Å². The van der Waals surface area contributed by atoms with Crippen LogP contribution in [-0.2, 0) is 19.4 Å². The average Bonchev–Trinajstić information content (AvgIpc) is 2.54. The lowest BCUT2D eigenvalue weighted by Gasteiger charge is -2.20. The molecule has 0 aliphatic carbocycles. The molecule has 1 aliphatic heterocycles. The number of fused-ring (bicyclic) bond motifs is 1. The summed E-state index contributed by atoms with van der Waals surface area (Å²) in [4.78, 5) is 0. The molecule has 1 atom stereocenters. The molecule has 1 heterocycles. The lowest BCUT2D eigenvalue weighted by atomic mass is 9.98. The Balaban J connectivity index is 1.57. The van der Waals surface area contributed by atoms with E-state index in [0.717, 1.165) is 24.9 Å². The standard InChI is InChI=1S/C19H23FN2/c1-14(22-13-17-5-2-3-7-18(17)20)11-15-8-9-19-16(12-15)6-4-10-21-19/h2-3,5,7-9,12,14,21-22H,4,6,10-11,13H2,1H3. The van der Waals surface area contributed by atoms with Crippen LogP contribution < -0.4 is 10.6 Å². The van der Waals surface area contributed by atoms with Crippen molar-refractivity contribution < 1.29 is 4.39 Å². The highest BCUT2D eigenvalue weighted by Gasteiger charge is 2.10. The van der Waals surface area contributed by atoms with Gasteiger partial charge in [-0.05, 0) is 49.4 Å². The van der Waals surface area contributed by atoms with Crippen LogP contribution in [0.4, 0.5) is 10.1 Å². The van der Waals surface area contributed by atoms with Crippen LogP contribution >= 0.6 is 0 Å². The number of benzene rings is 2. The summed E-state index contributed by atoms with van der Waals surface area (Å²) in [5.74, 6) is -0.137. The average molecular weight is 298 g/mol. The largest absolute Gasteiger partial charge is 0.385 e. The lowest BCUT2D eigenvalue weighted by molar-refractivity contribution is 0.525. The summed E-state index contributed by atoms with van der Waals surface area (Å²) in [6, 6.07) is 14.0. The maximum Gasteiger partial charge on any atom is 0.127 e. The Morgan fingerprint density at radius 2 is 2.09 bits per heavy atom. The highest BCUT2D eigenvalue weighted by atomic mass is 19.1. The highest BCUT2D eigenvalue weighted by Crippen LogP contribution is 2.23. The number of halogens is 1. The number of rotatable bonds is 5. The Kier molecular flexibility index (Phi) is 4.74. The van der Waals surface area contributed by atoms with Crippen LogP contribution in [0.5, 0.6) is 0 Å². The van der Waals surface area contributed by atoms with Crippen molar-refractivity contribution in [2.45, 2.75) is 38.8 Å². The summed E-state index contributed by atoms with van der Waals surface area (Å²) >= 11 is 0. The second-order valence-corrected chi connectivity index (χ2v) is 6.10. The third-order valence-electron chi connectivity index (χ3n) is 4.25. The molecule has 0 saturated heterocycles. The van der Waals surface area contributed by atoms with Gasteiger partial charge in [-0.15, -0.1) is 0 Å². The van der Waals surface area contributed by atoms with Gasteiger partial charge in [-0.25, -0.2) is 4.39 Å². The van der Waals surface area contributed by atoms with Crippen LogP contribution in [-0.4, -0.2) is 12.6 Å². The quantitative estimate of drug-likeness (QED) is 0.874. The molecule has 0 amide bonds. The van der Waals surface area contributed by atoms with Crippen LogP contribution in [0.15, 0.2) is 42.5 Å². The predicted molar refractivity (Wildman–Crippen MR) is 89.7 cm³/mol. The molecule has 3 rings (SSSR count). The normalized spacial score (nSPS) is 15.0. The summed E-state index contributed by atoms with van der Waals surface area (Å²) in [6.45, 7) is 3.80. The first-order chi connectivity index (χ1) is 10.7. The predicted octanol–water partition coefficient (Wildman–Crippen LogP) is 3.90. The fourth-order valence-corrected chi connectivity index (χ4v) is 3.01. The van der Waals surface area contributed by atoms with Crippen molar-refractivity contribution in [1.82, 2.24) is 5.32 Å². The maximum atomic E-state index is 13.6. The molecule has 2 nitrogen and oxygen atoms in total. The van der Waals surface area contributed by atoms with Crippen molar-refractivity contribution in [3.05, 3.63) is 65.0 Å². The first-order valence-corrected chi connectivity index (χ1v) is 8.05. The van der Waals surface area contributed by atoms with E-state index in [1.165, 1.54) is 29.3 Å². The van der Waals surface area contributed by atoms with Crippen LogP contribution in [0, 0.1) is 5.82 Å². The molecule has 0 fully saturated rings. The fourth-order valence-electron chi connectivity index (χ4n) is 3.01. The van der Waals surface area contributed by atoms with Gasteiger partial charge in [-0.3, -0.25) is 0 Å². The molecule has 22 heavy (non-hydrogen) atoms. The van der Waals surface area contributed by atoms with Gasteiger partial charge in [0.1, 0.15) is 5.82 Å². The summed E-state index contributed by atoms with van der Waals surface area (Å²) in [5.41, 5.74) is 4.77. The van der Waals surface area contributed by atoms with E-state index in [-0.39, 0.29) is 5.82 Å². The Bertz CT molecular complexity index is 639. The van der Waals surface area contributed by atoms with Gasteiger partial charge < -0.3 is 10.6 Å². The van der Waals surface area contributed by atoms with Gasteiger partial charge in [0, 0.05) is 30.4 Å². The van der Waals surface area contributed by atoms with Crippen LogP contribution in [0.2, 0.25) is 0 Å². The van der Waals surface area contributed by atoms with Crippen molar-refractivity contribution in [2.24, 2.45) is 0 Å². The second-order valence-electron chi connectivity index (χ2n) is 6.10. The van der Waals surface area contributed by atoms with E-state index in [9.17, 15) is 4.39 Å². The zero-order chi connectivity index (χ0) is 15.4. The first kappa shape index (κ1) is 15.0. The zero-order valence-electron chi connectivity index (χ0n) is 13.0. The van der Waals surface area contributed by atoms with Crippen LogP contribution in [0.25, 0.3) is 0 Å². The molecule has 0 saturated carbocycles. The lowest BCUT2D eigenvalue weighted by Crippen LogP contribution is -2.28. The molecule has 2 aromatic carbocycles. The molecular formula is C19H23FN2. The number of aryl methyl sites for hydroxylation is 1. The third kappa shape index (κ3) is 3.66. The van der Waals surface area contributed by atoms with E-state index < -0.39 is 0 Å². The molecule has 2 N–H and O–H groups in total. The van der Waals surface area contributed by atoms with Crippen molar-refractivity contribution in [3.63, 3.8) is 0 Å². The summed E-state index contributed by atoms with van der Waals surface area (Å²) < 4.78 is 13.6. The van der Waals surface area contributed by atoms with E-state index in [2.05, 4.69) is 35.8 Å². The second kappa shape index (κ2) is 6.93. The van der Waals surface area contributed by atoms with Crippen molar-refractivity contribution in [2.75, 3.05) is 11.9 Å². The van der Waals surface area contributed by atoms with E-state index in [4.69, 9.17) is 0 Å². The third-order valence-corrected chi connectivity index (χ3v) is 4.25. The molecule has 3 heteroatoms. The number of hydrogen-bond acceptors (Lipinski definition) is 2. The highest BCUT2D eigenvalue weighted by molar-refractivity contribution is 5.54. The SMILES string of the molecule is CC(Cc1ccc2c(c1)CCCN2)NCc1ccccc1F. The monoisotopic (exact) mass is 298 g/mol. The molecule has 0 radical (unpaired) electrons. The minimum Gasteiger partial charge on any atom is -0.385 e. The Morgan fingerprint density at radius 3 is 2.95 bits per heavy atom. The summed E-state index contributed by atoms with van der Waals surface area (Å²) in [6.07, 6.45) is 3.33. The molecular weight excluding hydrogens is 275 g/mol. The summed E-state index contributed by atoms with van der Waals surface area (Å²) in [7, 11) is 0. The smallest absolute Gasteiger partial charge is 0.127 e. The Morgan fingerprint density at radius 1 is 1.23 bits per heavy atom. The zero-order valence-corrected chi connectivity index (χ0v) is 13.0. The van der Waals surface area contributed by atoms with Gasteiger partial charge in [0.15, 0.2) is 0 Å². The van der Waals surface area contributed by atoms with Gasteiger partial charge in [-0.1, -0.05) is 30.3 Å². The van der Waals surface area contributed by atoms with E-state index in [0.29, 0.717) is 12.6 Å². The van der Waals surface area contributed by atoms with E-state index >= 15 is 0 Å². The van der Waals surface area contributed by atoms with Gasteiger partial charge >= 0.3 is 0 Å². The molecule has 1 aliphatic rings. The van der Waals surface area contributed by atoms with Gasteiger partial charge in [-0.2, -0.15) is 0 Å². The molecule has 1 unspecified atom stereocenters. The number of anilines is 1. The topological polar surface area (TPSA) is 24.1 Å². The van der Waals surface area contributed by atoms with Gasteiger partial charge in [0.2, 0.25) is 0 Å². The fraction of sp³-hybridized carbons (Fsp3) is 0.368. The molecule has 116 valence electrons. The maximum absolute atomic E-state index is 13.6.